The van der Waals surface area contributed by atoms with E-state index in [9.17, 15) is 4.79 Å². The summed E-state index contributed by atoms with van der Waals surface area (Å²) in [5, 5.41) is 3.29. The van der Waals surface area contributed by atoms with Crippen LogP contribution in [0.2, 0.25) is 0 Å². The minimum atomic E-state index is -0.233. The van der Waals surface area contributed by atoms with Crippen LogP contribution in [0.15, 0.2) is 18.2 Å². The number of nitrogens with one attached hydrogen (secondary N) is 1. The van der Waals surface area contributed by atoms with Crippen LogP contribution in [-0.4, -0.2) is 32.8 Å². The second-order valence-electron chi connectivity index (χ2n) is 4.65. The summed E-state index contributed by atoms with van der Waals surface area (Å²) >= 11 is 0. The van der Waals surface area contributed by atoms with E-state index >= 15 is 0 Å². The van der Waals surface area contributed by atoms with Crippen molar-refractivity contribution < 1.29 is 19.0 Å². The van der Waals surface area contributed by atoms with Crippen molar-refractivity contribution in [2.24, 2.45) is 0 Å². The first kappa shape index (κ1) is 14.7. The lowest BCUT2D eigenvalue weighted by Crippen LogP contribution is -2.24. The van der Waals surface area contributed by atoms with Crippen molar-refractivity contribution in [3.8, 4) is 11.5 Å². The Hall–Kier alpha value is -1.75. The molecule has 0 bridgehead atoms. The van der Waals surface area contributed by atoms with Crippen molar-refractivity contribution in [2.45, 2.75) is 25.8 Å². The van der Waals surface area contributed by atoms with Gasteiger partial charge in [0.05, 0.1) is 26.7 Å². The number of methoxy groups -OCH3 is 1. The number of ether oxygens (including phenoxy) is 3. The smallest absolute Gasteiger partial charge is 0.307 e. The SMILES string of the molecule is CCNC(CC(=O)OC)c1ccc2c(c1)OCCCO2. The Labute approximate surface area is 119 Å². The second-order valence-corrected chi connectivity index (χ2v) is 4.65. The van der Waals surface area contributed by atoms with Crippen LogP contribution in [0.4, 0.5) is 0 Å². The molecule has 1 aliphatic heterocycles. The first-order valence-corrected chi connectivity index (χ1v) is 6.94. The van der Waals surface area contributed by atoms with Gasteiger partial charge in [0.25, 0.3) is 0 Å². The topological polar surface area (TPSA) is 56.8 Å². The van der Waals surface area contributed by atoms with Crippen LogP contribution in [0.1, 0.15) is 31.4 Å². The molecule has 1 unspecified atom stereocenters. The molecular weight excluding hydrogens is 258 g/mol. The number of hydrogen-bond donors (Lipinski definition) is 1. The van der Waals surface area contributed by atoms with Gasteiger partial charge in [0, 0.05) is 12.5 Å². The van der Waals surface area contributed by atoms with Crippen molar-refractivity contribution >= 4 is 5.97 Å². The summed E-state index contributed by atoms with van der Waals surface area (Å²) in [5.74, 6) is 1.27. The first-order valence-electron chi connectivity index (χ1n) is 6.94. The maximum Gasteiger partial charge on any atom is 0.307 e. The van der Waals surface area contributed by atoms with Gasteiger partial charge >= 0.3 is 5.97 Å². The maximum absolute atomic E-state index is 11.5. The van der Waals surface area contributed by atoms with E-state index in [4.69, 9.17) is 14.2 Å². The summed E-state index contributed by atoms with van der Waals surface area (Å²) in [5.41, 5.74) is 1.00. The summed E-state index contributed by atoms with van der Waals surface area (Å²) in [6.45, 7) is 4.11. The fourth-order valence-electron chi connectivity index (χ4n) is 2.20. The van der Waals surface area contributed by atoms with E-state index < -0.39 is 0 Å². The Kier molecular flexibility index (Phi) is 5.24. The fourth-order valence-corrected chi connectivity index (χ4v) is 2.20. The molecule has 0 aromatic heterocycles. The lowest BCUT2D eigenvalue weighted by atomic mass is 10.0. The molecule has 0 spiro atoms. The van der Waals surface area contributed by atoms with Crippen LogP contribution >= 0.6 is 0 Å². The molecule has 0 amide bonds. The highest BCUT2D eigenvalue weighted by atomic mass is 16.5. The van der Waals surface area contributed by atoms with E-state index in [1.807, 2.05) is 25.1 Å². The average molecular weight is 279 g/mol. The standard InChI is InChI=1S/C15H21NO4/c1-3-16-12(10-15(17)18-2)11-5-6-13-14(9-11)20-8-4-7-19-13/h5-6,9,12,16H,3-4,7-8,10H2,1-2H3. The van der Waals surface area contributed by atoms with Crippen LogP contribution in [0.5, 0.6) is 11.5 Å². The largest absolute Gasteiger partial charge is 0.490 e. The Morgan fingerprint density at radius 1 is 1.35 bits per heavy atom. The molecule has 1 aromatic rings. The molecule has 2 rings (SSSR count). The van der Waals surface area contributed by atoms with Crippen LogP contribution in [0, 0.1) is 0 Å². The van der Waals surface area contributed by atoms with Crippen molar-refractivity contribution in [1.29, 1.82) is 0 Å². The maximum atomic E-state index is 11.5. The monoisotopic (exact) mass is 279 g/mol. The molecule has 0 fully saturated rings. The summed E-state index contributed by atoms with van der Waals surface area (Å²) in [7, 11) is 1.40. The van der Waals surface area contributed by atoms with Crippen LogP contribution < -0.4 is 14.8 Å². The zero-order chi connectivity index (χ0) is 14.4. The first-order chi connectivity index (χ1) is 9.74. The molecule has 0 saturated carbocycles. The van der Waals surface area contributed by atoms with Gasteiger partial charge in [-0.25, -0.2) is 0 Å². The Bertz CT molecular complexity index is 461. The number of carbonyl (C=O) groups is 1. The van der Waals surface area contributed by atoms with E-state index in [1.165, 1.54) is 7.11 Å². The van der Waals surface area contributed by atoms with E-state index in [0.717, 1.165) is 30.0 Å². The van der Waals surface area contributed by atoms with E-state index in [1.54, 1.807) is 0 Å². The van der Waals surface area contributed by atoms with Crippen molar-refractivity contribution in [1.82, 2.24) is 5.32 Å². The minimum Gasteiger partial charge on any atom is -0.490 e. The number of benzene rings is 1. The molecule has 0 saturated heterocycles. The van der Waals surface area contributed by atoms with Gasteiger partial charge in [-0.15, -0.1) is 0 Å². The second kappa shape index (κ2) is 7.14. The minimum absolute atomic E-state index is 0.0791. The molecule has 1 heterocycles. The third-order valence-corrected chi connectivity index (χ3v) is 3.22. The highest BCUT2D eigenvalue weighted by molar-refractivity contribution is 5.70. The van der Waals surface area contributed by atoms with Crippen molar-refractivity contribution in [2.75, 3.05) is 26.9 Å². The molecule has 0 radical (unpaired) electrons. The Balaban J connectivity index is 2.20. The summed E-state index contributed by atoms with van der Waals surface area (Å²) in [6, 6.07) is 5.72. The average Bonchev–Trinajstić information content (AvgIpc) is 2.71. The van der Waals surface area contributed by atoms with Crippen molar-refractivity contribution in [3.05, 3.63) is 23.8 Å². The van der Waals surface area contributed by atoms with Gasteiger partial charge in [0.2, 0.25) is 0 Å². The molecule has 20 heavy (non-hydrogen) atoms. The Morgan fingerprint density at radius 2 is 2.10 bits per heavy atom. The summed E-state index contributed by atoms with van der Waals surface area (Å²) in [6.07, 6.45) is 1.17. The Morgan fingerprint density at radius 3 is 2.80 bits per heavy atom. The van der Waals surface area contributed by atoms with Gasteiger partial charge in [0.1, 0.15) is 0 Å². The van der Waals surface area contributed by atoms with Gasteiger partial charge in [0.15, 0.2) is 11.5 Å². The molecule has 1 N–H and O–H groups in total. The van der Waals surface area contributed by atoms with E-state index in [2.05, 4.69) is 5.32 Å². The third kappa shape index (κ3) is 3.63. The number of hydrogen-bond acceptors (Lipinski definition) is 5. The van der Waals surface area contributed by atoms with E-state index in [0.29, 0.717) is 19.6 Å². The molecule has 110 valence electrons. The summed E-state index contributed by atoms with van der Waals surface area (Å²) < 4.78 is 16.0. The van der Waals surface area contributed by atoms with Gasteiger partial charge in [-0.2, -0.15) is 0 Å². The zero-order valence-electron chi connectivity index (χ0n) is 12.0. The number of carbonyl (C=O) groups excluding carboxylic acids is 1. The lowest BCUT2D eigenvalue weighted by Gasteiger charge is -2.18. The van der Waals surface area contributed by atoms with Crippen LogP contribution in [0.25, 0.3) is 0 Å². The van der Waals surface area contributed by atoms with Crippen LogP contribution in [-0.2, 0) is 9.53 Å². The quantitative estimate of drug-likeness (QED) is 0.836. The molecular formula is C15H21NO4. The molecule has 5 nitrogen and oxygen atoms in total. The number of fused-ring (bicyclic) bond motifs is 1. The fraction of sp³-hybridized carbons (Fsp3) is 0.533. The molecule has 5 heteroatoms. The van der Waals surface area contributed by atoms with E-state index in [-0.39, 0.29) is 12.0 Å². The van der Waals surface area contributed by atoms with Gasteiger partial charge in [-0.3, -0.25) is 4.79 Å². The highest BCUT2D eigenvalue weighted by Gasteiger charge is 2.18. The molecule has 0 aliphatic carbocycles. The van der Waals surface area contributed by atoms with Gasteiger partial charge < -0.3 is 19.5 Å². The summed E-state index contributed by atoms with van der Waals surface area (Å²) in [4.78, 5) is 11.5. The van der Waals surface area contributed by atoms with Gasteiger partial charge in [-0.1, -0.05) is 13.0 Å². The van der Waals surface area contributed by atoms with Gasteiger partial charge in [-0.05, 0) is 24.2 Å². The number of rotatable bonds is 5. The highest BCUT2D eigenvalue weighted by Crippen LogP contribution is 2.33. The van der Waals surface area contributed by atoms with Crippen LogP contribution in [0.3, 0.4) is 0 Å². The normalized spacial score (nSPS) is 15.3. The van der Waals surface area contributed by atoms with Crippen molar-refractivity contribution in [3.63, 3.8) is 0 Å². The zero-order valence-corrected chi connectivity index (χ0v) is 12.0. The molecule has 1 aromatic carbocycles. The predicted octanol–water partition coefficient (Wildman–Crippen LogP) is 2.06. The third-order valence-electron chi connectivity index (χ3n) is 3.22. The molecule has 1 atom stereocenters. The number of esters is 1. The molecule has 1 aliphatic rings. The predicted molar refractivity (Wildman–Crippen MR) is 75.1 cm³/mol. The lowest BCUT2D eigenvalue weighted by molar-refractivity contribution is -0.141.